The molecule has 6 unspecified atom stereocenters. The lowest BCUT2D eigenvalue weighted by Crippen LogP contribution is -2.35. The first kappa shape index (κ1) is 93.2. The fraction of sp³-hybridized carbons (Fsp3) is 0.326. The van der Waals surface area contributed by atoms with Gasteiger partial charge in [0.1, 0.15) is 59.9 Å². The molecule has 5 N–H and O–H groups in total. The van der Waals surface area contributed by atoms with Crippen molar-refractivity contribution in [3.05, 3.63) is 274 Å². The van der Waals surface area contributed by atoms with Crippen LogP contribution in [0.4, 0.5) is 19.2 Å². The monoisotopic (exact) mass is 1740 g/mol. The lowest BCUT2D eigenvalue weighted by atomic mass is 9.97. The standard InChI is InChI=1S/C27H26N2O5S.C25H30N2O5S.C20H20N2O5S.C20H20N2O4S/c1-18(34-24(30)20-6-4-3-5-7-20)21-10-11-22(28-17-21)14-15-33-23-12-8-19(9-13-23)16-27(2)25(31)29-26(32)35-27;1-16(32-22(29)24(2,3)4)18-8-9-19(26-15-18)12-13-31-20-10-6-17(7-11-20)14-25(5)21(28)27-23(30)33-25;1-20(18(25)22-19(26)28-20)11-13-3-6-16(7-4-13)27-9-8-15-5-2-14(12-21-15)10-17(23)24;1-3-13-6-9-16(21-11-13)17(23)12-26-15-7-4-14(5-8-15)10-20(2)18(24)22-19(25)27-20/h3-13,17-18H,14-16H2,1-2H3,(H,29,31,32);6-11,15-16H,12-14H2,1-5H3,(H,27,28,30);2-7,12H,8-11H2,1H3,(H,23,24)(H,22,25,26);4-9,11H,3,10,12H2,1-2H3,(H,22,24,25). The molecule has 4 aliphatic rings. The van der Waals surface area contributed by atoms with Gasteiger partial charge in [-0.3, -0.25) is 93.9 Å². The number of Topliss-reactive ketones (excluding diaryl/α,β-unsaturated/α-hetero) is 1. The van der Waals surface area contributed by atoms with Crippen molar-refractivity contribution in [1.82, 2.24) is 41.2 Å². The summed E-state index contributed by atoms with van der Waals surface area (Å²) in [6.07, 6.45) is 10.5. The van der Waals surface area contributed by atoms with Crippen molar-refractivity contribution in [2.24, 2.45) is 5.41 Å². The Hall–Kier alpha value is -12.1. The molecule has 4 saturated heterocycles. The molecule has 27 nitrogen and oxygen atoms in total. The van der Waals surface area contributed by atoms with E-state index < -0.39 is 36.5 Å². The number of benzene rings is 5. The van der Waals surface area contributed by atoms with Crippen LogP contribution < -0.4 is 40.2 Å². The van der Waals surface area contributed by atoms with E-state index in [1.807, 2.05) is 163 Å². The van der Waals surface area contributed by atoms with Crippen LogP contribution in [-0.4, -0.2) is 139 Å². The highest BCUT2D eigenvalue weighted by Crippen LogP contribution is 2.39. The van der Waals surface area contributed by atoms with Gasteiger partial charge in [0.25, 0.3) is 21.0 Å². The zero-order chi connectivity index (χ0) is 88.7. The van der Waals surface area contributed by atoms with Gasteiger partial charge in [-0.1, -0.05) is 97.9 Å². The van der Waals surface area contributed by atoms with E-state index in [1.54, 1.807) is 107 Å². The largest absolute Gasteiger partial charge is 0.493 e. The van der Waals surface area contributed by atoms with E-state index in [9.17, 15) is 57.5 Å². The van der Waals surface area contributed by atoms with Gasteiger partial charge in [-0.15, -0.1) is 0 Å². The number of aliphatic carboxylic acids is 1. The molecule has 123 heavy (non-hydrogen) atoms. The van der Waals surface area contributed by atoms with Crippen molar-refractivity contribution in [2.45, 2.75) is 158 Å². The summed E-state index contributed by atoms with van der Waals surface area (Å²) in [5.74, 6) is -0.0120. The number of hydrogen-bond acceptors (Lipinski definition) is 26. The Labute approximate surface area is 729 Å². The minimum absolute atomic E-state index is 0.0382. The summed E-state index contributed by atoms with van der Waals surface area (Å²) in [5, 5.41) is 16.8. The van der Waals surface area contributed by atoms with Crippen molar-refractivity contribution in [2.75, 3.05) is 26.4 Å². The fourth-order valence-corrected chi connectivity index (χ4v) is 16.2. The second kappa shape index (κ2) is 42.6. The molecular formula is C92H96N8O19S4. The molecule has 8 amide bonds. The van der Waals surface area contributed by atoms with Gasteiger partial charge in [0.05, 0.1) is 37.2 Å². The number of thioether (sulfide) groups is 4. The van der Waals surface area contributed by atoms with Crippen LogP contribution in [0.2, 0.25) is 0 Å². The highest BCUT2D eigenvalue weighted by Gasteiger charge is 2.47. The molecule has 9 aromatic rings. The normalized spacial score (nSPS) is 18.7. The predicted molar refractivity (Wildman–Crippen MR) is 468 cm³/mol. The molecule has 642 valence electrons. The Kier molecular flexibility index (Phi) is 32.3. The third-order valence-corrected chi connectivity index (χ3v) is 24.0. The maximum Gasteiger partial charge on any atom is 0.338 e. The zero-order valence-corrected chi connectivity index (χ0v) is 72.9. The SMILES string of the molecule is CC(OC(=O)C(C)(C)C)c1ccc(CCOc2ccc(CC3(C)SC(=O)NC3=O)cc2)nc1.CC(OC(=O)c1ccccc1)c1ccc(CCOc2ccc(CC3(C)SC(=O)NC3=O)cc2)nc1.CC1(Cc2ccc(OCCc3ccc(CC(=O)O)cn3)cc2)SC(=O)NC1=O.CCc1ccc(C(=O)COc2ccc(CC3(C)SC(=O)NC3=O)cc2)nc1. The predicted octanol–water partition coefficient (Wildman–Crippen LogP) is 15.3. The number of imide groups is 4. The van der Waals surface area contributed by atoms with Crippen molar-refractivity contribution >= 4 is 115 Å². The average molecular weight is 1750 g/mol. The van der Waals surface area contributed by atoms with Crippen molar-refractivity contribution in [3.63, 3.8) is 0 Å². The van der Waals surface area contributed by atoms with Crippen LogP contribution in [-0.2, 0) is 96.0 Å². The molecule has 5 aromatic carbocycles. The summed E-state index contributed by atoms with van der Waals surface area (Å²) < 4.78 is 30.8. The molecule has 6 atom stereocenters. The number of aryl methyl sites for hydroxylation is 1. The van der Waals surface area contributed by atoms with Crippen LogP contribution in [0.15, 0.2) is 201 Å². The fourth-order valence-electron chi connectivity index (χ4n) is 12.5. The first-order chi connectivity index (χ1) is 58.5. The van der Waals surface area contributed by atoms with Gasteiger partial charge in [-0.2, -0.15) is 0 Å². The topological polar surface area (TPSA) is 380 Å². The number of nitrogens with zero attached hydrogens (tertiary/aromatic N) is 4. The van der Waals surface area contributed by atoms with E-state index in [1.165, 1.54) is 0 Å². The van der Waals surface area contributed by atoms with Gasteiger partial charge in [0, 0.05) is 72.3 Å². The van der Waals surface area contributed by atoms with Crippen LogP contribution in [0.3, 0.4) is 0 Å². The lowest BCUT2D eigenvalue weighted by molar-refractivity contribution is -0.158. The Morgan fingerprint density at radius 2 is 0.740 bits per heavy atom. The number of esters is 2. The minimum Gasteiger partial charge on any atom is -0.493 e. The molecule has 4 fully saturated rings. The van der Waals surface area contributed by atoms with E-state index in [0.29, 0.717) is 93.1 Å². The number of carbonyl (C=O) groups excluding carboxylic acids is 11. The molecule has 0 spiro atoms. The molecule has 31 heteroatoms. The van der Waals surface area contributed by atoms with Crippen LogP contribution >= 0.6 is 47.0 Å². The third-order valence-electron chi connectivity index (χ3n) is 19.7. The molecule has 0 aliphatic carbocycles. The molecule has 0 radical (unpaired) electrons. The smallest absolute Gasteiger partial charge is 0.338 e. The van der Waals surface area contributed by atoms with E-state index >= 15 is 0 Å². The highest BCUT2D eigenvalue weighted by atomic mass is 32.2. The number of aromatic nitrogens is 4. The zero-order valence-electron chi connectivity index (χ0n) is 69.6. The Morgan fingerprint density at radius 3 is 1.04 bits per heavy atom. The number of carboxylic acids is 1. The highest BCUT2D eigenvalue weighted by molar-refractivity contribution is 8.17. The number of ketones is 1. The molecule has 13 rings (SSSR count). The summed E-state index contributed by atoms with van der Waals surface area (Å²) >= 11 is 4.09. The van der Waals surface area contributed by atoms with Crippen LogP contribution in [0.1, 0.15) is 164 Å². The van der Waals surface area contributed by atoms with Crippen molar-refractivity contribution in [3.8, 4) is 23.0 Å². The molecule has 0 bridgehead atoms. The summed E-state index contributed by atoms with van der Waals surface area (Å²) in [7, 11) is 0. The molecular weight excluding hydrogens is 1650 g/mol. The van der Waals surface area contributed by atoms with E-state index in [0.717, 1.165) is 121 Å². The Bertz CT molecular complexity index is 5270. The van der Waals surface area contributed by atoms with E-state index in [4.69, 9.17) is 33.5 Å². The summed E-state index contributed by atoms with van der Waals surface area (Å²) in [4.78, 5) is 158. The summed E-state index contributed by atoms with van der Waals surface area (Å²) in [6, 6.07) is 53.3. The second-order valence-corrected chi connectivity index (χ2v) is 37.0. The molecule has 4 aliphatic heterocycles. The van der Waals surface area contributed by atoms with Crippen molar-refractivity contribution < 1.29 is 91.1 Å². The maximum atomic E-state index is 12.2. The molecule has 0 saturated carbocycles. The number of nitrogens with one attached hydrogen (secondary N) is 4. The molecule has 4 aromatic heterocycles. The third kappa shape index (κ3) is 27.7. The lowest BCUT2D eigenvalue weighted by Gasteiger charge is -2.21. The van der Waals surface area contributed by atoms with Crippen LogP contribution in [0, 0.1) is 5.41 Å². The summed E-state index contributed by atoms with van der Waals surface area (Å²) in [5.41, 5.74) is 10.1. The van der Waals surface area contributed by atoms with Gasteiger partial charge < -0.3 is 33.5 Å². The second-order valence-electron chi connectivity index (χ2n) is 31.1. The van der Waals surface area contributed by atoms with Crippen molar-refractivity contribution in [1.29, 1.82) is 0 Å². The van der Waals surface area contributed by atoms with Crippen LogP contribution in [0.5, 0.6) is 23.0 Å². The first-order valence-corrected chi connectivity index (χ1v) is 42.8. The number of hydrogen-bond donors (Lipinski definition) is 5. The number of pyridine rings is 4. The quantitative estimate of drug-likeness (QED) is 0.0193. The number of rotatable bonds is 32. The number of carboxylic acid groups (broad SMARTS) is 1. The Balaban J connectivity index is 0.000000173. The molecule has 8 heterocycles. The minimum atomic E-state index is -0.880. The summed E-state index contributed by atoms with van der Waals surface area (Å²) in [6.45, 7) is 19.5. The number of carbonyl (C=O) groups is 12. The van der Waals surface area contributed by atoms with E-state index in [2.05, 4.69) is 41.2 Å². The maximum absolute atomic E-state index is 12.2. The first-order valence-electron chi connectivity index (χ1n) is 39.6. The van der Waals surface area contributed by atoms with Gasteiger partial charge in [0.2, 0.25) is 29.4 Å². The van der Waals surface area contributed by atoms with Gasteiger partial charge >= 0.3 is 17.9 Å². The number of ether oxygens (including phenoxy) is 6. The Morgan fingerprint density at radius 1 is 0.407 bits per heavy atom. The average Bonchev–Trinajstić information content (AvgIpc) is 1.69. The van der Waals surface area contributed by atoms with Gasteiger partial charge in [-0.25, -0.2) is 4.79 Å². The van der Waals surface area contributed by atoms with Crippen LogP contribution in [0.25, 0.3) is 0 Å². The van der Waals surface area contributed by atoms with Gasteiger partial charge in [0.15, 0.2) is 6.61 Å². The number of amides is 8. The van der Waals surface area contributed by atoms with Gasteiger partial charge in [-0.05, 0) is 260 Å². The van der Waals surface area contributed by atoms with E-state index in [-0.39, 0.29) is 81.4 Å².